The summed E-state index contributed by atoms with van der Waals surface area (Å²) < 4.78 is 0. The molecule has 4 heteroatoms. The van der Waals surface area contributed by atoms with Gasteiger partial charge in [-0.3, -0.25) is 10.1 Å². The predicted octanol–water partition coefficient (Wildman–Crippen LogP) is 1.59. The van der Waals surface area contributed by atoms with E-state index in [0.29, 0.717) is 6.42 Å². The van der Waals surface area contributed by atoms with Gasteiger partial charge < -0.3 is 5.32 Å². The molecule has 0 aromatic heterocycles. The summed E-state index contributed by atoms with van der Waals surface area (Å²) in [5, 5.41) is 7.14. The smallest absolute Gasteiger partial charge is 0.322 e. The van der Waals surface area contributed by atoms with Crippen LogP contribution in [0.15, 0.2) is 42.5 Å². The van der Waals surface area contributed by atoms with Gasteiger partial charge in [0.05, 0.1) is 0 Å². The zero-order valence-corrected chi connectivity index (χ0v) is 9.64. The van der Waals surface area contributed by atoms with Crippen molar-refractivity contribution >= 4 is 22.7 Å². The van der Waals surface area contributed by atoms with Crippen LogP contribution in [0.3, 0.4) is 0 Å². The van der Waals surface area contributed by atoms with Crippen molar-refractivity contribution in [3.05, 3.63) is 48.0 Å². The highest BCUT2D eigenvalue weighted by atomic mass is 16.2. The number of carbonyl (C=O) groups excluding carboxylic acids is 2. The second-order valence-electron chi connectivity index (χ2n) is 4.40. The van der Waals surface area contributed by atoms with Gasteiger partial charge in [-0.1, -0.05) is 42.5 Å². The molecule has 2 aromatic rings. The molecule has 1 aliphatic heterocycles. The second kappa shape index (κ2) is 4.14. The summed E-state index contributed by atoms with van der Waals surface area (Å²) in [6.45, 7) is 0. The van der Waals surface area contributed by atoms with E-state index in [9.17, 15) is 9.59 Å². The number of hydrogen-bond donors (Lipinski definition) is 2. The number of fused-ring (bicyclic) bond motifs is 1. The first-order valence-electron chi connectivity index (χ1n) is 5.81. The highest BCUT2D eigenvalue weighted by molar-refractivity contribution is 6.04. The van der Waals surface area contributed by atoms with Crippen LogP contribution in [-0.4, -0.2) is 18.0 Å². The van der Waals surface area contributed by atoms with Crippen molar-refractivity contribution in [3.8, 4) is 0 Å². The third kappa shape index (κ3) is 1.93. The average molecular weight is 240 g/mol. The Balaban J connectivity index is 1.87. The van der Waals surface area contributed by atoms with Crippen LogP contribution in [0.1, 0.15) is 5.56 Å². The van der Waals surface area contributed by atoms with Crippen molar-refractivity contribution in [2.45, 2.75) is 12.5 Å². The van der Waals surface area contributed by atoms with Gasteiger partial charge in [-0.2, -0.15) is 0 Å². The lowest BCUT2D eigenvalue weighted by molar-refractivity contribution is -0.120. The molecule has 2 aromatic carbocycles. The fourth-order valence-electron chi connectivity index (χ4n) is 2.20. The van der Waals surface area contributed by atoms with Crippen molar-refractivity contribution in [3.63, 3.8) is 0 Å². The topological polar surface area (TPSA) is 58.2 Å². The van der Waals surface area contributed by atoms with E-state index >= 15 is 0 Å². The summed E-state index contributed by atoms with van der Waals surface area (Å²) in [5.41, 5.74) is 1.04. The number of rotatable bonds is 2. The van der Waals surface area contributed by atoms with Crippen molar-refractivity contribution in [1.82, 2.24) is 10.6 Å². The molecule has 0 spiro atoms. The van der Waals surface area contributed by atoms with E-state index in [1.165, 1.54) is 5.39 Å². The lowest BCUT2D eigenvalue weighted by Crippen LogP contribution is -2.31. The van der Waals surface area contributed by atoms with Gasteiger partial charge in [-0.05, 0) is 16.3 Å². The first-order valence-corrected chi connectivity index (χ1v) is 5.81. The maximum atomic E-state index is 11.5. The van der Waals surface area contributed by atoms with Crippen LogP contribution in [0.2, 0.25) is 0 Å². The van der Waals surface area contributed by atoms with Gasteiger partial charge in [-0.15, -0.1) is 0 Å². The Morgan fingerprint density at radius 1 is 1.00 bits per heavy atom. The highest BCUT2D eigenvalue weighted by Crippen LogP contribution is 2.17. The third-order valence-corrected chi connectivity index (χ3v) is 3.11. The normalized spacial score (nSPS) is 18.8. The summed E-state index contributed by atoms with van der Waals surface area (Å²) in [6.07, 6.45) is 0.516. The van der Waals surface area contributed by atoms with E-state index in [1.54, 1.807) is 0 Å². The number of amides is 3. The molecule has 1 heterocycles. The summed E-state index contributed by atoms with van der Waals surface area (Å²) >= 11 is 0. The van der Waals surface area contributed by atoms with Gasteiger partial charge >= 0.3 is 6.03 Å². The van der Waals surface area contributed by atoms with Crippen molar-refractivity contribution in [2.24, 2.45) is 0 Å². The molecule has 0 radical (unpaired) electrons. The Morgan fingerprint density at radius 3 is 2.50 bits per heavy atom. The van der Waals surface area contributed by atoms with Gasteiger partial charge in [0.25, 0.3) is 5.91 Å². The third-order valence-electron chi connectivity index (χ3n) is 3.11. The van der Waals surface area contributed by atoms with Crippen LogP contribution in [0, 0.1) is 0 Å². The zero-order chi connectivity index (χ0) is 12.5. The van der Waals surface area contributed by atoms with Crippen LogP contribution in [-0.2, 0) is 11.2 Å². The van der Waals surface area contributed by atoms with Crippen LogP contribution in [0.5, 0.6) is 0 Å². The summed E-state index contributed by atoms with van der Waals surface area (Å²) in [5.74, 6) is -0.256. The van der Waals surface area contributed by atoms with Gasteiger partial charge in [0.1, 0.15) is 6.04 Å². The summed E-state index contributed by atoms with van der Waals surface area (Å²) in [6, 6.07) is 13.2. The number of carbonyl (C=O) groups is 2. The van der Waals surface area contributed by atoms with Crippen LogP contribution in [0.4, 0.5) is 4.79 Å². The van der Waals surface area contributed by atoms with Crippen LogP contribution >= 0.6 is 0 Å². The summed E-state index contributed by atoms with van der Waals surface area (Å²) in [4.78, 5) is 22.5. The van der Waals surface area contributed by atoms with Crippen LogP contribution in [0.25, 0.3) is 10.8 Å². The van der Waals surface area contributed by atoms with Crippen molar-refractivity contribution in [1.29, 1.82) is 0 Å². The Bertz CT molecular complexity index is 636. The van der Waals surface area contributed by atoms with Gasteiger partial charge in [-0.25, -0.2) is 4.79 Å². The molecule has 4 nitrogen and oxygen atoms in total. The van der Waals surface area contributed by atoms with Crippen molar-refractivity contribution < 1.29 is 9.59 Å². The van der Waals surface area contributed by atoms with E-state index in [4.69, 9.17) is 0 Å². The monoisotopic (exact) mass is 240 g/mol. The minimum Gasteiger partial charge on any atom is -0.326 e. The minimum atomic E-state index is -0.460. The highest BCUT2D eigenvalue weighted by Gasteiger charge is 2.29. The maximum absolute atomic E-state index is 11.5. The number of imide groups is 1. The molecule has 3 rings (SSSR count). The molecule has 1 atom stereocenters. The molecule has 1 unspecified atom stereocenters. The fourth-order valence-corrected chi connectivity index (χ4v) is 2.20. The van der Waals surface area contributed by atoms with E-state index in [2.05, 4.69) is 10.6 Å². The molecule has 2 N–H and O–H groups in total. The average Bonchev–Trinajstić information content (AvgIpc) is 2.68. The first-order chi connectivity index (χ1) is 8.72. The molecule has 18 heavy (non-hydrogen) atoms. The molecular formula is C14H12N2O2. The molecule has 1 aliphatic rings. The largest absolute Gasteiger partial charge is 0.326 e. The van der Waals surface area contributed by atoms with Crippen molar-refractivity contribution in [2.75, 3.05) is 0 Å². The molecule has 1 saturated heterocycles. The van der Waals surface area contributed by atoms with Crippen LogP contribution < -0.4 is 10.6 Å². The second-order valence-corrected chi connectivity index (χ2v) is 4.40. The molecular weight excluding hydrogens is 228 g/mol. The number of benzene rings is 2. The standard InChI is InChI=1S/C14H12N2O2/c17-13-12(15-14(18)16-13)8-9-5-6-10-3-1-2-4-11(10)7-9/h1-7,12H,8H2,(H2,15,16,17,18). The Kier molecular flexibility index (Phi) is 2.48. The number of hydrogen-bond acceptors (Lipinski definition) is 2. The summed E-state index contributed by atoms with van der Waals surface area (Å²) in [7, 11) is 0. The molecule has 90 valence electrons. The molecule has 0 aliphatic carbocycles. The Morgan fingerprint density at radius 2 is 1.78 bits per heavy atom. The lowest BCUT2D eigenvalue weighted by Gasteiger charge is -2.08. The molecule has 3 amide bonds. The minimum absolute atomic E-state index is 0.256. The number of nitrogens with one attached hydrogen (secondary N) is 2. The van der Waals surface area contributed by atoms with E-state index in [0.717, 1.165) is 10.9 Å². The van der Waals surface area contributed by atoms with E-state index in [1.807, 2.05) is 42.5 Å². The van der Waals surface area contributed by atoms with Gasteiger partial charge in [0.2, 0.25) is 0 Å². The predicted molar refractivity (Wildman–Crippen MR) is 68.1 cm³/mol. The van der Waals surface area contributed by atoms with E-state index in [-0.39, 0.29) is 5.91 Å². The molecule has 0 saturated carbocycles. The molecule has 1 fully saturated rings. The Labute approximate surface area is 104 Å². The maximum Gasteiger partial charge on any atom is 0.322 e. The lowest BCUT2D eigenvalue weighted by atomic mass is 10.0. The van der Waals surface area contributed by atoms with Gasteiger partial charge in [0.15, 0.2) is 0 Å². The fraction of sp³-hybridized carbons (Fsp3) is 0.143. The molecule has 0 bridgehead atoms. The first kappa shape index (κ1) is 10.8. The Hall–Kier alpha value is -2.36. The van der Waals surface area contributed by atoms with E-state index < -0.39 is 12.1 Å². The van der Waals surface area contributed by atoms with Gasteiger partial charge in [0, 0.05) is 6.42 Å². The zero-order valence-electron chi connectivity index (χ0n) is 9.64. The SMILES string of the molecule is O=C1NC(=O)C(Cc2ccc3ccccc3c2)N1. The quantitative estimate of drug-likeness (QED) is 0.783. The number of urea groups is 1.